The van der Waals surface area contributed by atoms with Gasteiger partial charge in [0.25, 0.3) is 0 Å². The zero-order chi connectivity index (χ0) is 8.69. The third kappa shape index (κ3) is 7.33. The number of carboxylic acids is 1. The molecular formula is C6H13ClN2O3. The number of rotatable bonds is 5. The van der Waals surface area contributed by atoms with Crippen molar-refractivity contribution in [3.63, 3.8) is 0 Å². The molecule has 0 saturated carbocycles. The van der Waals surface area contributed by atoms with Crippen LogP contribution in [0.4, 0.5) is 0 Å². The lowest BCUT2D eigenvalue weighted by Crippen LogP contribution is -2.27. The summed E-state index contributed by atoms with van der Waals surface area (Å²) in [6.45, 7) is 0.759. The van der Waals surface area contributed by atoms with Crippen LogP contribution in [0.3, 0.4) is 0 Å². The number of hydrogen-bond acceptors (Lipinski definition) is 4. The highest BCUT2D eigenvalue weighted by molar-refractivity contribution is 5.85. The number of nitrogens with two attached hydrogens (primary N) is 2. The minimum atomic E-state index is -1.09. The molecule has 0 aliphatic heterocycles. The second-order valence-electron chi connectivity index (χ2n) is 1.85. The average molecular weight is 197 g/mol. The minimum Gasteiger partial charge on any atom is -0.500 e. The highest BCUT2D eigenvalue weighted by Crippen LogP contribution is 1.83. The molecule has 0 spiro atoms. The molecule has 5 nitrogen and oxygen atoms in total. The van der Waals surface area contributed by atoms with Crippen molar-refractivity contribution in [3.05, 3.63) is 12.3 Å². The maximum absolute atomic E-state index is 10.1. The van der Waals surface area contributed by atoms with E-state index < -0.39 is 12.0 Å². The van der Waals surface area contributed by atoms with Gasteiger partial charge in [-0.1, -0.05) is 0 Å². The van der Waals surface area contributed by atoms with Crippen LogP contribution in [-0.2, 0) is 9.53 Å². The molecular weight excluding hydrogens is 184 g/mol. The molecule has 0 aliphatic carbocycles. The van der Waals surface area contributed by atoms with Crippen molar-refractivity contribution in [2.45, 2.75) is 6.04 Å². The van der Waals surface area contributed by atoms with Gasteiger partial charge in [-0.2, -0.15) is 0 Å². The van der Waals surface area contributed by atoms with Crippen LogP contribution in [0.5, 0.6) is 0 Å². The normalized spacial score (nSPS) is 12.2. The second-order valence-corrected chi connectivity index (χ2v) is 1.85. The van der Waals surface area contributed by atoms with E-state index in [1.54, 1.807) is 0 Å². The quantitative estimate of drug-likeness (QED) is 0.399. The average Bonchev–Trinajstić information content (AvgIpc) is 1.97. The van der Waals surface area contributed by atoms with E-state index >= 15 is 0 Å². The number of carboxylic acid groups (broad SMARTS) is 1. The maximum Gasteiger partial charge on any atom is 0.324 e. The van der Waals surface area contributed by atoms with Crippen molar-refractivity contribution in [2.24, 2.45) is 11.5 Å². The molecule has 0 amide bonds. The summed E-state index contributed by atoms with van der Waals surface area (Å²) in [6.07, 6.45) is 2.49. The fraction of sp³-hybridized carbons (Fsp3) is 0.500. The summed E-state index contributed by atoms with van der Waals surface area (Å²) in [5.74, 6) is -1.09. The smallest absolute Gasteiger partial charge is 0.324 e. The summed E-state index contributed by atoms with van der Waals surface area (Å²) < 4.78 is 4.75. The molecule has 0 unspecified atom stereocenters. The van der Waals surface area contributed by atoms with E-state index in [0.717, 1.165) is 0 Å². The van der Waals surface area contributed by atoms with Gasteiger partial charge in [0, 0.05) is 6.54 Å². The molecule has 0 fully saturated rings. The van der Waals surface area contributed by atoms with Gasteiger partial charge in [-0.15, -0.1) is 12.4 Å². The van der Waals surface area contributed by atoms with Crippen molar-refractivity contribution in [2.75, 3.05) is 13.2 Å². The van der Waals surface area contributed by atoms with Crippen LogP contribution in [0, 0.1) is 0 Å². The summed E-state index contributed by atoms with van der Waals surface area (Å²) in [6, 6.07) is -1.01. The molecule has 72 valence electrons. The number of carbonyl (C=O) groups is 1. The van der Waals surface area contributed by atoms with Crippen LogP contribution in [0.2, 0.25) is 0 Å². The van der Waals surface area contributed by atoms with Crippen LogP contribution in [0.1, 0.15) is 0 Å². The zero-order valence-electron chi connectivity index (χ0n) is 6.47. The van der Waals surface area contributed by atoms with Crippen molar-refractivity contribution >= 4 is 18.4 Å². The van der Waals surface area contributed by atoms with E-state index in [2.05, 4.69) is 0 Å². The molecule has 0 rings (SSSR count). The molecule has 0 radical (unpaired) electrons. The standard InChI is InChI=1S/C6H12N2O3.ClH/c7-2-4-11-3-1-5(8)6(9)10;/h1,3,5H,2,4,7-8H2,(H,9,10);1H/t5-;/m0./s1. The summed E-state index contributed by atoms with van der Waals surface area (Å²) in [7, 11) is 0. The molecule has 0 saturated heterocycles. The van der Waals surface area contributed by atoms with E-state index in [1.165, 1.54) is 12.3 Å². The minimum absolute atomic E-state index is 0. The number of aliphatic carboxylic acids is 1. The second kappa shape index (κ2) is 8.32. The largest absolute Gasteiger partial charge is 0.500 e. The third-order valence-electron chi connectivity index (χ3n) is 0.903. The van der Waals surface area contributed by atoms with Crippen LogP contribution in [0.15, 0.2) is 12.3 Å². The Hall–Kier alpha value is -0.780. The monoisotopic (exact) mass is 196 g/mol. The van der Waals surface area contributed by atoms with E-state index in [9.17, 15) is 4.79 Å². The number of hydrogen-bond donors (Lipinski definition) is 3. The van der Waals surface area contributed by atoms with Crippen LogP contribution in [0.25, 0.3) is 0 Å². The Bertz CT molecular complexity index is 152. The van der Waals surface area contributed by atoms with Crippen molar-refractivity contribution < 1.29 is 14.6 Å². The predicted molar refractivity (Wildman–Crippen MR) is 47.0 cm³/mol. The van der Waals surface area contributed by atoms with Crippen LogP contribution >= 0.6 is 12.4 Å². The Morgan fingerprint density at radius 1 is 1.67 bits per heavy atom. The molecule has 1 atom stereocenters. The van der Waals surface area contributed by atoms with Crippen LogP contribution in [-0.4, -0.2) is 30.3 Å². The maximum atomic E-state index is 10.1. The number of halogens is 1. The first kappa shape index (κ1) is 13.8. The Morgan fingerprint density at radius 3 is 2.67 bits per heavy atom. The molecule has 0 heterocycles. The van der Waals surface area contributed by atoms with Gasteiger partial charge < -0.3 is 21.3 Å². The highest BCUT2D eigenvalue weighted by atomic mass is 35.5. The van der Waals surface area contributed by atoms with Gasteiger partial charge in [0.05, 0.1) is 12.9 Å². The lowest BCUT2D eigenvalue weighted by Gasteiger charge is -1.98. The Kier molecular flexibility index (Phi) is 9.56. The van der Waals surface area contributed by atoms with Gasteiger partial charge in [-0.25, -0.2) is 0 Å². The summed E-state index contributed by atoms with van der Waals surface area (Å²) in [5, 5.41) is 8.28. The van der Waals surface area contributed by atoms with Gasteiger partial charge in [0.1, 0.15) is 6.04 Å². The van der Waals surface area contributed by atoms with Crippen molar-refractivity contribution in [3.8, 4) is 0 Å². The Morgan fingerprint density at radius 2 is 2.25 bits per heavy atom. The molecule has 0 aromatic carbocycles. The fourth-order valence-electron chi connectivity index (χ4n) is 0.359. The molecule has 0 aromatic heterocycles. The van der Waals surface area contributed by atoms with Crippen molar-refractivity contribution in [1.29, 1.82) is 0 Å². The molecule has 0 aromatic rings. The lowest BCUT2D eigenvalue weighted by molar-refractivity contribution is -0.137. The molecule has 12 heavy (non-hydrogen) atoms. The van der Waals surface area contributed by atoms with E-state index in [-0.39, 0.29) is 12.4 Å². The van der Waals surface area contributed by atoms with Gasteiger partial charge >= 0.3 is 5.97 Å². The molecule has 6 heteroatoms. The van der Waals surface area contributed by atoms with E-state index in [4.69, 9.17) is 21.3 Å². The van der Waals surface area contributed by atoms with Gasteiger partial charge in [-0.3, -0.25) is 4.79 Å². The number of ether oxygens (including phenoxy) is 1. The van der Waals surface area contributed by atoms with Crippen molar-refractivity contribution in [1.82, 2.24) is 0 Å². The van der Waals surface area contributed by atoms with E-state index in [1.807, 2.05) is 0 Å². The lowest BCUT2D eigenvalue weighted by atomic mass is 10.3. The van der Waals surface area contributed by atoms with Gasteiger partial charge in [0.15, 0.2) is 0 Å². The first-order valence-electron chi connectivity index (χ1n) is 3.15. The van der Waals surface area contributed by atoms with E-state index in [0.29, 0.717) is 13.2 Å². The first-order valence-corrected chi connectivity index (χ1v) is 3.15. The van der Waals surface area contributed by atoms with Crippen LogP contribution < -0.4 is 11.5 Å². The molecule has 0 bridgehead atoms. The SMILES string of the molecule is Cl.NCCOC=C[C@H](N)C(=O)O. The summed E-state index contributed by atoms with van der Waals surface area (Å²) >= 11 is 0. The molecule has 5 N–H and O–H groups in total. The third-order valence-corrected chi connectivity index (χ3v) is 0.903. The summed E-state index contributed by atoms with van der Waals surface area (Å²) in [5.41, 5.74) is 10.2. The van der Waals surface area contributed by atoms with Gasteiger partial charge in [0.2, 0.25) is 0 Å². The topological polar surface area (TPSA) is 98.6 Å². The Labute approximate surface area is 76.8 Å². The zero-order valence-corrected chi connectivity index (χ0v) is 7.29. The highest BCUT2D eigenvalue weighted by Gasteiger charge is 2.05. The summed E-state index contributed by atoms with van der Waals surface area (Å²) in [4.78, 5) is 10.1. The first-order chi connectivity index (χ1) is 5.18. The Balaban J connectivity index is 0. The fourth-order valence-corrected chi connectivity index (χ4v) is 0.359. The molecule has 0 aliphatic rings. The van der Waals surface area contributed by atoms with Gasteiger partial charge in [-0.05, 0) is 6.08 Å². The predicted octanol–water partition coefficient (Wildman–Crippen LogP) is -0.691.